The van der Waals surface area contributed by atoms with Gasteiger partial charge in [0.25, 0.3) is 5.91 Å². The molecule has 138 valence electrons. The SMILES string of the molecule is O=C(c1ccc2nc[nH]c2c1)N1CC[C@H](c2ccccc2)[C@H]2CCCC[C@H]21. The molecule has 1 saturated carbocycles. The van der Waals surface area contributed by atoms with Crippen LogP contribution in [0.4, 0.5) is 0 Å². The monoisotopic (exact) mass is 359 g/mol. The van der Waals surface area contributed by atoms with Gasteiger partial charge in [-0.3, -0.25) is 4.79 Å². The van der Waals surface area contributed by atoms with E-state index in [0.29, 0.717) is 17.9 Å². The Morgan fingerprint density at radius 2 is 1.89 bits per heavy atom. The third kappa shape index (κ3) is 2.93. The molecule has 0 bridgehead atoms. The van der Waals surface area contributed by atoms with Crippen molar-refractivity contribution in [2.75, 3.05) is 6.54 Å². The number of carbonyl (C=O) groups is 1. The Hall–Kier alpha value is -2.62. The fourth-order valence-corrected chi connectivity index (χ4v) is 5.26. The van der Waals surface area contributed by atoms with Gasteiger partial charge in [-0.15, -0.1) is 0 Å². The Bertz CT molecular complexity index is 948. The minimum Gasteiger partial charge on any atom is -0.345 e. The molecule has 1 N–H and O–H groups in total. The summed E-state index contributed by atoms with van der Waals surface area (Å²) in [6.45, 7) is 0.848. The van der Waals surface area contributed by atoms with E-state index in [1.54, 1.807) is 6.33 Å². The first-order valence-corrected chi connectivity index (χ1v) is 10.1. The molecule has 2 heterocycles. The van der Waals surface area contributed by atoms with E-state index in [0.717, 1.165) is 36.0 Å². The molecule has 0 radical (unpaired) electrons. The van der Waals surface area contributed by atoms with Gasteiger partial charge in [0.15, 0.2) is 0 Å². The van der Waals surface area contributed by atoms with Crippen LogP contribution < -0.4 is 0 Å². The Labute approximate surface area is 159 Å². The maximum absolute atomic E-state index is 13.4. The number of amides is 1. The number of H-pyrrole nitrogens is 1. The fraction of sp³-hybridized carbons (Fsp3) is 0.391. The van der Waals surface area contributed by atoms with Gasteiger partial charge in [-0.25, -0.2) is 4.98 Å². The number of piperidine rings is 1. The largest absolute Gasteiger partial charge is 0.345 e. The lowest BCUT2D eigenvalue weighted by Gasteiger charge is -2.48. The zero-order valence-corrected chi connectivity index (χ0v) is 15.5. The molecule has 27 heavy (non-hydrogen) atoms. The summed E-state index contributed by atoms with van der Waals surface area (Å²) < 4.78 is 0. The first-order chi connectivity index (χ1) is 13.3. The van der Waals surface area contributed by atoms with Crippen LogP contribution in [0.5, 0.6) is 0 Å². The molecule has 1 amide bonds. The summed E-state index contributed by atoms with van der Waals surface area (Å²) in [5.74, 6) is 1.33. The van der Waals surface area contributed by atoms with Crippen molar-refractivity contribution in [2.45, 2.75) is 44.1 Å². The molecule has 3 atom stereocenters. The highest BCUT2D eigenvalue weighted by molar-refractivity contribution is 5.97. The van der Waals surface area contributed by atoms with Gasteiger partial charge in [0.1, 0.15) is 0 Å². The number of carbonyl (C=O) groups excluding carboxylic acids is 1. The highest BCUT2D eigenvalue weighted by Gasteiger charge is 2.41. The third-order valence-corrected chi connectivity index (χ3v) is 6.54. The molecular weight excluding hydrogens is 334 g/mol. The van der Waals surface area contributed by atoms with Gasteiger partial charge in [-0.2, -0.15) is 0 Å². The number of aromatic amines is 1. The fourth-order valence-electron chi connectivity index (χ4n) is 5.26. The van der Waals surface area contributed by atoms with E-state index in [1.165, 1.54) is 24.8 Å². The Morgan fingerprint density at radius 1 is 1.04 bits per heavy atom. The summed E-state index contributed by atoms with van der Waals surface area (Å²) in [4.78, 5) is 22.9. The van der Waals surface area contributed by atoms with Crippen molar-refractivity contribution in [3.8, 4) is 0 Å². The molecule has 2 fully saturated rings. The third-order valence-electron chi connectivity index (χ3n) is 6.54. The zero-order valence-electron chi connectivity index (χ0n) is 15.5. The minimum atomic E-state index is 0.176. The lowest BCUT2D eigenvalue weighted by Crippen LogP contribution is -2.52. The normalized spacial score (nSPS) is 25.3. The van der Waals surface area contributed by atoms with Crippen LogP contribution in [0.2, 0.25) is 0 Å². The van der Waals surface area contributed by atoms with Crippen molar-refractivity contribution in [2.24, 2.45) is 5.92 Å². The average molecular weight is 359 g/mol. The van der Waals surface area contributed by atoms with Crippen LogP contribution >= 0.6 is 0 Å². The summed E-state index contributed by atoms with van der Waals surface area (Å²) in [6, 6.07) is 17.1. The molecule has 4 heteroatoms. The predicted molar refractivity (Wildman–Crippen MR) is 107 cm³/mol. The van der Waals surface area contributed by atoms with E-state index in [4.69, 9.17) is 0 Å². The van der Waals surface area contributed by atoms with Crippen molar-refractivity contribution < 1.29 is 4.79 Å². The summed E-state index contributed by atoms with van der Waals surface area (Å²) in [5, 5.41) is 0. The molecule has 1 aliphatic carbocycles. The van der Waals surface area contributed by atoms with Gasteiger partial charge in [-0.1, -0.05) is 43.2 Å². The van der Waals surface area contributed by atoms with Gasteiger partial charge in [0, 0.05) is 18.2 Å². The average Bonchev–Trinajstić information content (AvgIpc) is 3.21. The first kappa shape index (κ1) is 16.5. The molecule has 1 saturated heterocycles. The van der Waals surface area contributed by atoms with E-state index in [2.05, 4.69) is 45.2 Å². The Kier molecular flexibility index (Phi) is 4.19. The number of benzene rings is 2. The minimum absolute atomic E-state index is 0.176. The van der Waals surface area contributed by atoms with Crippen molar-refractivity contribution >= 4 is 16.9 Å². The molecule has 3 aromatic rings. The molecule has 1 aromatic heterocycles. The van der Waals surface area contributed by atoms with Crippen LogP contribution in [0.15, 0.2) is 54.9 Å². The molecule has 5 rings (SSSR count). The summed E-state index contributed by atoms with van der Waals surface area (Å²) in [5.41, 5.74) is 4.06. The molecule has 0 spiro atoms. The summed E-state index contributed by atoms with van der Waals surface area (Å²) in [6.07, 6.45) is 7.61. The number of imidazole rings is 1. The second-order valence-electron chi connectivity index (χ2n) is 7.95. The predicted octanol–water partition coefficient (Wildman–Crippen LogP) is 4.75. The van der Waals surface area contributed by atoms with E-state index >= 15 is 0 Å². The second-order valence-corrected chi connectivity index (χ2v) is 7.95. The molecule has 1 aliphatic heterocycles. The standard InChI is InChI=1S/C23H25N3O/c27-23(17-10-11-20-21(14-17)25-15-24-20)26-13-12-18(16-6-2-1-3-7-16)19-8-4-5-9-22(19)26/h1-3,6-7,10-11,14-15,18-19,22H,4-5,8-9,12-13H2,(H,24,25)/t18-,19-,22-/m1/s1. The lowest BCUT2D eigenvalue weighted by atomic mass is 9.69. The first-order valence-electron chi connectivity index (χ1n) is 10.1. The number of rotatable bonds is 2. The van der Waals surface area contributed by atoms with Gasteiger partial charge in [0.2, 0.25) is 0 Å². The Morgan fingerprint density at radius 3 is 2.78 bits per heavy atom. The van der Waals surface area contributed by atoms with E-state index in [9.17, 15) is 4.79 Å². The maximum atomic E-state index is 13.4. The van der Waals surface area contributed by atoms with Gasteiger partial charge >= 0.3 is 0 Å². The van der Waals surface area contributed by atoms with E-state index < -0.39 is 0 Å². The highest BCUT2D eigenvalue weighted by atomic mass is 16.2. The molecular formula is C23H25N3O. The zero-order chi connectivity index (χ0) is 18.2. The van der Waals surface area contributed by atoms with Crippen molar-refractivity contribution in [1.29, 1.82) is 0 Å². The smallest absolute Gasteiger partial charge is 0.254 e. The summed E-state index contributed by atoms with van der Waals surface area (Å²) in [7, 11) is 0. The van der Waals surface area contributed by atoms with Crippen molar-refractivity contribution in [3.63, 3.8) is 0 Å². The van der Waals surface area contributed by atoms with Crippen LogP contribution in [0.25, 0.3) is 11.0 Å². The van der Waals surface area contributed by atoms with Gasteiger partial charge in [-0.05, 0) is 54.9 Å². The summed E-state index contributed by atoms with van der Waals surface area (Å²) >= 11 is 0. The number of likely N-dealkylation sites (tertiary alicyclic amines) is 1. The number of fused-ring (bicyclic) bond motifs is 2. The quantitative estimate of drug-likeness (QED) is 0.718. The van der Waals surface area contributed by atoms with Crippen LogP contribution in [-0.2, 0) is 0 Å². The maximum Gasteiger partial charge on any atom is 0.254 e. The molecule has 2 aromatic carbocycles. The topological polar surface area (TPSA) is 49.0 Å². The second kappa shape index (κ2) is 6.84. The van der Waals surface area contributed by atoms with Crippen molar-refractivity contribution in [1.82, 2.24) is 14.9 Å². The lowest BCUT2D eigenvalue weighted by molar-refractivity contribution is 0.0319. The van der Waals surface area contributed by atoms with Crippen LogP contribution in [0.1, 0.15) is 53.9 Å². The number of nitrogens with one attached hydrogen (secondary N) is 1. The molecule has 0 unspecified atom stereocenters. The molecule has 2 aliphatic rings. The van der Waals surface area contributed by atoms with Gasteiger partial charge in [0.05, 0.1) is 17.4 Å². The number of aromatic nitrogens is 2. The van der Waals surface area contributed by atoms with Crippen molar-refractivity contribution in [3.05, 3.63) is 66.0 Å². The van der Waals surface area contributed by atoms with Crippen LogP contribution in [0.3, 0.4) is 0 Å². The number of hydrogen-bond acceptors (Lipinski definition) is 2. The van der Waals surface area contributed by atoms with Gasteiger partial charge < -0.3 is 9.88 Å². The molecule has 4 nitrogen and oxygen atoms in total. The van der Waals surface area contributed by atoms with Crippen LogP contribution in [-0.4, -0.2) is 33.4 Å². The highest BCUT2D eigenvalue weighted by Crippen LogP contribution is 2.44. The van der Waals surface area contributed by atoms with E-state index in [1.807, 2.05) is 18.2 Å². The van der Waals surface area contributed by atoms with E-state index in [-0.39, 0.29) is 5.91 Å². The number of nitrogens with zero attached hydrogens (tertiary/aromatic N) is 2. The Balaban J connectivity index is 1.44. The number of hydrogen-bond donors (Lipinski definition) is 1. The van der Waals surface area contributed by atoms with Crippen LogP contribution in [0, 0.1) is 5.92 Å².